The van der Waals surface area contributed by atoms with E-state index in [0.29, 0.717) is 19.1 Å². The third kappa shape index (κ3) is 3.31. The van der Waals surface area contributed by atoms with Gasteiger partial charge in [0, 0.05) is 39.8 Å². The van der Waals surface area contributed by atoms with E-state index >= 15 is 0 Å². The summed E-state index contributed by atoms with van der Waals surface area (Å²) in [4.78, 5) is 16.8. The number of ether oxygens (including phenoxy) is 1. The molecule has 0 unspecified atom stereocenters. The molecule has 4 nitrogen and oxygen atoms in total. The molecule has 0 bridgehead atoms. The molecule has 2 atom stereocenters. The zero-order chi connectivity index (χ0) is 15.5. The predicted octanol–water partition coefficient (Wildman–Crippen LogP) is 1.75. The summed E-state index contributed by atoms with van der Waals surface area (Å²) in [6, 6.07) is 6.64. The molecule has 2 aliphatic heterocycles. The molecule has 0 aliphatic carbocycles. The van der Waals surface area contributed by atoms with E-state index in [2.05, 4.69) is 4.90 Å². The molecule has 2 fully saturated rings. The summed E-state index contributed by atoms with van der Waals surface area (Å²) in [5.41, 5.74) is 1.10. The first kappa shape index (κ1) is 15.4. The first-order valence-corrected chi connectivity index (χ1v) is 7.92. The van der Waals surface area contributed by atoms with Gasteiger partial charge in [-0.05, 0) is 30.0 Å². The summed E-state index contributed by atoms with van der Waals surface area (Å²) in [6.07, 6.45) is 1.07. The highest BCUT2D eigenvalue weighted by Crippen LogP contribution is 2.32. The van der Waals surface area contributed by atoms with Gasteiger partial charge >= 0.3 is 0 Å². The molecule has 0 spiro atoms. The van der Waals surface area contributed by atoms with E-state index in [1.807, 2.05) is 17.0 Å². The monoisotopic (exact) mass is 306 g/mol. The number of carbonyl (C=O) groups excluding carboxylic acids is 1. The van der Waals surface area contributed by atoms with Crippen LogP contribution in [0.2, 0.25) is 0 Å². The Kier molecular flexibility index (Phi) is 4.74. The number of halogens is 1. The lowest BCUT2D eigenvalue weighted by Crippen LogP contribution is -2.46. The fourth-order valence-corrected chi connectivity index (χ4v) is 3.60. The van der Waals surface area contributed by atoms with E-state index < -0.39 is 0 Å². The van der Waals surface area contributed by atoms with Crippen LogP contribution in [0.5, 0.6) is 0 Å². The molecule has 0 saturated carbocycles. The molecule has 22 heavy (non-hydrogen) atoms. The van der Waals surface area contributed by atoms with Gasteiger partial charge in [0.2, 0.25) is 5.91 Å². The van der Waals surface area contributed by atoms with Gasteiger partial charge in [-0.3, -0.25) is 9.69 Å². The first-order chi connectivity index (χ1) is 10.7. The Morgan fingerprint density at radius 2 is 2.05 bits per heavy atom. The number of hydrogen-bond acceptors (Lipinski definition) is 3. The Balaban J connectivity index is 1.59. The molecule has 5 heteroatoms. The van der Waals surface area contributed by atoms with E-state index in [1.54, 1.807) is 7.11 Å². The number of likely N-dealkylation sites (tertiary alicyclic amines) is 2. The molecule has 120 valence electrons. The molecule has 2 heterocycles. The van der Waals surface area contributed by atoms with Crippen molar-refractivity contribution in [3.8, 4) is 0 Å². The number of benzene rings is 1. The Hall–Kier alpha value is -1.46. The highest BCUT2D eigenvalue weighted by molar-refractivity contribution is 5.80. The predicted molar refractivity (Wildman–Crippen MR) is 81.7 cm³/mol. The number of rotatable bonds is 5. The van der Waals surface area contributed by atoms with Crippen LogP contribution in [0.1, 0.15) is 12.0 Å². The maximum Gasteiger partial charge on any atom is 0.227 e. The second-order valence-corrected chi connectivity index (χ2v) is 6.29. The van der Waals surface area contributed by atoms with E-state index in [-0.39, 0.29) is 17.6 Å². The van der Waals surface area contributed by atoms with Gasteiger partial charge in [-0.1, -0.05) is 12.1 Å². The van der Waals surface area contributed by atoms with Crippen LogP contribution in [0, 0.1) is 17.7 Å². The van der Waals surface area contributed by atoms with Gasteiger partial charge in [0.1, 0.15) is 5.82 Å². The van der Waals surface area contributed by atoms with Gasteiger partial charge < -0.3 is 9.64 Å². The zero-order valence-corrected chi connectivity index (χ0v) is 13.0. The minimum Gasteiger partial charge on any atom is -0.383 e. The van der Waals surface area contributed by atoms with Gasteiger partial charge in [-0.15, -0.1) is 0 Å². The smallest absolute Gasteiger partial charge is 0.227 e. The molecule has 2 saturated heterocycles. The van der Waals surface area contributed by atoms with Crippen molar-refractivity contribution in [1.29, 1.82) is 0 Å². The summed E-state index contributed by atoms with van der Waals surface area (Å²) >= 11 is 0. The van der Waals surface area contributed by atoms with Gasteiger partial charge in [-0.25, -0.2) is 4.39 Å². The summed E-state index contributed by atoms with van der Waals surface area (Å²) < 4.78 is 18.0. The van der Waals surface area contributed by atoms with Crippen molar-refractivity contribution in [2.24, 2.45) is 11.8 Å². The van der Waals surface area contributed by atoms with Crippen LogP contribution >= 0.6 is 0 Å². The molecule has 1 amide bonds. The highest BCUT2D eigenvalue weighted by Gasteiger charge is 2.42. The summed E-state index contributed by atoms with van der Waals surface area (Å²) in [7, 11) is 1.66. The van der Waals surface area contributed by atoms with Crippen LogP contribution in [-0.2, 0) is 16.1 Å². The van der Waals surface area contributed by atoms with Crippen molar-refractivity contribution in [2.45, 2.75) is 13.0 Å². The summed E-state index contributed by atoms with van der Waals surface area (Å²) in [5.74, 6) is 0.649. The Morgan fingerprint density at radius 1 is 1.27 bits per heavy atom. The van der Waals surface area contributed by atoms with Gasteiger partial charge in [0.05, 0.1) is 12.5 Å². The number of nitrogens with zero attached hydrogens (tertiary/aromatic N) is 2. The standard InChI is InChI=1S/C17H23FN2O2/c1-22-9-8-20-7-6-14-11-19(12-16(14)17(20)21)10-13-2-4-15(18)5-3-13/h2-5,14,16H,6-12H2,1H3/t14-,16-/m1/s1. The topological polar surface area (TPSA) is 32.8 Å². The summed E-state index contributed by atoms with van der Waals surface area (Å²) in [6.45, 7) is 4.70. The van der Waals surface area contributed by atoms with Crippen LogP contribution in [0.3, 0.4) is 0 Å². The zero-order valence-electron chi connectivity index (χ0n) is 13.0. The van der Waals surface area contributed by atoms with E-state index in [1.165, 1.54) is 12.1 Å². The number of piperidine rings is 1. The number of amides is 1. The lowest BCUT2D eigenvalue weighted by molar-refractivity contribution is -0.140. The average Bonchev–Trinajstić information content (AvgIpc) is 2.92. The molecule has 0 radical (unpaired) electrons. The second-order valence-electron chi connectivity index (χ2n) is 6.29. The molecule has 3 rings (SSSR count). The van der Waals surface area contributed by atoms with E-state index in [4.69, 9.17) is 4.74 Å². The van der Waals surface area contributed by atoms with Crippen LogP contribution in [-0.4, -0.2) is 55.6 Å². The molecule has 0 aromatic heterocycles. The van der Waals surface area contributed by atoms with Crippen molar-refractivity contribution in [2.75, 3.05) is 39.9 Å². The van der Waals surface area contributed by atoms with Crippen molar-refractivity contribution < 1.29 is 13.9 Å². The quantitative estimate of drug-likeness (QED) is 0.831. The Labute approximate surface area is 130 Å². The maximum absolute atomic E-state index is 13.0. The fraction of sp³-hybridized carbons (Fsp3) is 0.588. The van der Waals surface area contributed by atoms with Gasteiger partial charge in [0.15, 0.2) is 0 Å². The largest absolute Gasteiger partial charge is 0.383 e. The van der Waals surface area contributed by atoms with E-state index in [0.717, 1.165) is 38.2 Å². The van der Waals surface area contributed by atoms with Crippen molar-refractivity contribution >= 4 is 5.91 Å². The molecule has 0 N–H and O–H groups in total. The third-order valence-corrected chi connectivity index (χ3v) is 4.80. The normalized spacial score (nSPS) is 25.5. The molecule has 1 aromatic rings. The SMILES string of the molecule is COCCN1CC[C@@H]2CN(Cc3ccc(F)cc3)C[C@H]2C1=O. The van der Waals surface area contributed by atoms with Gasteiger partial charge in [-0.2, -0.15) is 0 Å². The lowest BCUT2D eigenvalue weighted by Gasteiger charge is -2.33. The molecular weight excluding hydrogens is 283 g/mol. The lowest BCUT2D eigenvalue weighted by atomic mass is 9.88. The highest BCUT2D eigenvalue weighted by atomic mass is 19.1. The van der Waals surface area contributed by atoms with Crippen molar-refractivity contribution in [1.82, 2.24) is 9.80 Å². The van der Waals surface area contributed by atoms with Crippen molar-refractivity contribution in [3.63, 3.8) is 0 Å². The molecule has 2 aliphatic rings. The number of methoxy groups -OCH3 is 1. The van der Waals surface area contributed by atoms with Crippen LogP contribution < -0.4 is 0 Å². The maximum atomic E-state index is 13.0. The fourth-order valence-electron chi connectivity index (χ4n) is 3.60. The molecular formula is C17H23FN2O2. The number of carbonyl (C=O) groups is 1. The van der Waals surface area contributed by atoms with Crippen molar-refractivity contribution in [3.05, 3.63) is 35.6 Å². The number of fused-ring (bicyclic) bond motifs is 1. The third-order valence-electron chi connectivity index (χ3n) is 4.80. The first-order valence-electron chi connectivity index (χ1n) is 7.92. The number of hydrogen-bond donors (Lipinski definition) is 0. The summed E-state index contributed by atoms with van der Waals surface area (Å²) in [5, 5.41) is 0. The Morgan fingerprint density at radius 3 is 2.77 bits per heavy atom. The Bertz CT molecular complexity index is 520. The second kappa shape index (κ2) is 6.75. The minimum absolute atomic E-state index is 0.117. The minimum atomic E-state index is -0.206. The van der Waals surface area contributed by atoms with Gasteiger partial charge in [0.25, 0.3) is 0 Å². The average molecular weight is 306 g/mol. The van der Waals surface area contributed by atoms with Crippen LogP contribution in [0.15, 0.2) is 24.3 Å². The van der Waals surface area contributed by atoms with Crippen LogP contribution in [0.25, 0.3) is 0 Å². The van der Waals surface area contributed by atoms with Crippen LogP contribution in [0.4, 0.5) is 4.39 Å². The van der Waals surface area contributed by atoms with E-state index in [9.17, 15) is 9.18 Å². The molecule has 1 aromatic carbocycles.